The van der Waals surface area contributed by atoms with Crippen LogP contribution in [0.4, 0.5) is 0 Å². The van der Waals surface area contributed by atoms with Gasteiger partial charge in [-0.2, -0.15) is 0 Å². The largest absolute Gasteiger partial charge is 0.508 e. The first-order valence-corrected chi connectivity index (χ1v) is 7.20. The van der Waals surface area contributed by atoms with Crippen LogP contribution in [0.25, 0.3) is 10.1 Å². The zero-order valence-electron chi connectivity index (χ0n) is 10.9. The van der Waals surface area contributed by atoms with Gasteiger partial charge in [0, 0.05) is 16.1 Å². The second kappa shape index (κ2) is 5.53. The van der Waals surface area contributed by atoms with Crippen LogP contribution in [0.5, 0.6) is 11.5 Å². The predicted octanol–water partition coefficient (Wildman–Crippen LogP) is 3.64. The fourth-order valence-electron chi connectivity index (χ4n) is 2.11. The first-order valence-electron chi connectivity index (χ1n) is 6.38. The van der Waals surface area contributed by atoms with Crippen molar-refractivity contribution in [3.05, 3.63) is 59.0 Å². The summed E-state index contributed by atoms with van der Waals surface area (Å²) in [5, 5.41) is 10.4. The highest BCUT2D eigenvalue weighted by molar-refractivity contribution is 7.19. The van der Waals surface area contributed by atoms with E-state index in [2.05, 4.69) is 18.2 Å². The molecule has 4 heteroatoms. The van der Waals surface area contributed by atoms with Gasteiger partial charge in [0.25, 0.3) is 0 Å². The minimum atomic E-state index is 0.242. The molecular formula is C16H15NO2S. The minimum absolute atomic E-state index is 0.242. The molecule has 3 nitrogen and oxygen atoms in total. The Labute approximate surface area is 121 Å². The van der Waals surface area contributed by atoms with E-state index in [1.165, 1.54) is 15.6 Å². The molecular weight excluding hydrogens is 270 g/mol. The first-order chi connectivity index (χ1) is 9.76. The van der Waals surface area contributed by atoms with Gasteiger partial charge in [0.2, 0.25) is 0 Å². The molecule has 0 saturated carbocycles. The third-order valence-corrected chi connectivity index (χ3v) is 4.31. The fraction of sp³-hybridized carbons (Fsp3) is 0.125. The van der Waals surface area contributed by atoms with Gasteiger partial charge >= 0.3 is 0 Å². The zero-order chi connectivity index (χ0) is 13.9. The molecule has 0 aliphatic carbocycles. The van der Waals surface area contributed by atoms with Gasteiger partial charge in [-0.25, -0.2) is 0 Å². The predicted molar refractivity (Wildman–Crippen MR) is 82.2 cm³/mol. The van der Waals surface area contributed by atoms with Crippen molar-refractivity contribution in [2.24, 2.45) is 5.73 Å². The van der Waals surface area contributed by atoms with Crippen LogP contribution >= 0.6 is 11.3 Å². The van der Waals surface area contributed by atoms with E-state index in [0.29, 0.717) is 13.2 Å². The summed E-state index contributed by atoms with van der Waals surface area (Å²) in [6.45, 7) is 1.07. The van der Waals surface area contributed by atoms with Crippen molar-refractivity contribution in [2.75, 3.05) is 0 Å². The number of aromatic hydroxyl groups is 1. The number of benzene rings is 2. The summed E-state index contributed by atoms with van der Waals surface area (Å²) in [6, 6.07) is 15.1. The Morgan fingerprint density at radius 3 is 2.65 bits per heavy atom. The van der Waals surface area contributed by atoms with Crippen molar-refractivity contribution in [2.45, 2.75) is 13.2 Å². The highest BCUT2D eigenvalue weighted by atomic mass is 32.1. The molecule has 0 spiro atoms. The van der Waals surface area contributed by atoms with E-state index >= 15 is 0 Å². The maximum absolute atomic E-state index is 9.23. The Morgan fingerprint density at radius 2 is 1.90 bits per heavy atom. The van der Waals surface area contributed by atoms with Crippen molar-refractivity contribution < 1.29 is 9.84 Å². The van der Waals surface area contributed by atoms with Gasteiger partial charge in [0.15, 0.2) is 0 Å². The molecule has 0 radical (unpaired) electrons. The Kier molecular flexibility index (Phi) is 3.58. The molecule has 0 fully saturated rings. The van der Waals surface area contributed by atoms with E-state index < -0.39 is 0 Å². The Hall–Kier alpha value is -2.04. The second-order valence-electron chi connectivity index (χ2n) is 4.53. The van der Waals surface area contributed by atoms with Crippen LogP contribution < -0.4 is 10.5 Å². The maximum Gasteiger partial charge on any atom is 0.122 e. The van der Waals surface area contributed by atoms with E-state index in [-0.39, 0.29) is 5.75 Å². The van der Waals surface area contributed by atoms with Crippen molar-refractivity contribution >= 4 is 21.4 Å². The molecule has 0 bridgehead atoms. The lowest BCUT2D eigenvalue weighted by molar-refractivity contribution is 0.309. The Bertz CT molecular complexity index is 719. The lowest BCUT2D eigenvalue weighted by Gasteiger charge is -2.03. The summed E-state index contributed by atoms with van der Waals surface area (Å²) in [7, 11) is 0. The van der Waals surface area contributed by atoms with Gasteiger partial charge in [-0.15, -0.1) is 11.3 Å². The standard InChI is InChI=1S/C16H15NO2S/c17-9-12-3-1-2-11-8-15(20-16(11)12)10-19-14-6-4-13(18)5-7-14/h1-8,18H,9-10,17H2. The molecule has 0 aliphatic heterocycles. The molecule has 1 aromatic heterocycles. The van der Waals surface area contributed by atoms with Gasteiger partial charge in [0.05, 0.1) is 0 Å². The molecule has 3 N–H and O–H groups in total. The molecule has 102 valence electrons. The molecule has 0 unspecified atom stereocenters. The number of hydrogen-bond donors (Lipinski definition) is 2. The number of rotatable bonds is 4. The fourth-order valence-corrected chi connectivity index (χ4v) is 3.20. The second-order valence-corrected chi connectivity index (χ2v) is 5.67. The van der Waals surface area contributed by atoms with Crippen molar-refractivity contribution in [3.8, 4) is 11.5 Å². The molecule has 3 rings (SSSR count). The zero-order valence-corrected chi connectivity index (χ0v) is 11.7. The first kappa shape index (κ1) is 13.0. The summed E-state index contributed by atoms with van der Waals surface area (Å²) in [6.07, 6.45) is 0. The summed E-state index contributed by atoms with van der Waals surface area (Å²) in [4.78, 5) is 1.16. The van der Waals surface area contributed by atoms with Gasteiger partial charge in [-0.05, 0) is 41.3 Å². The molecule has 1 heterocycles. The van der Waals surface area contributed by atoms with Crippen LogP contribution in [-0.2, 0) is 13.2 Å². The molecule has 0 saturated heterocycles. The quantitative estimate of drug-likeness (QED) is 0.769. The molecule has 0 amide bonds. The van der Waals surface area contributed by atoms with Gasteiger partial charge < -0.3 is 15.6 Å². The van der Waals surface area contributed by atoms with E-state index in [0.717, 1.165) is 10.6 Å². The lowest BCUT2D eigenvalue weighted by Crippen LogP contribution is -1.95. The van der Waals surface area contributed by atoms with Crippen LogP contribution in [0.1, 0.15) is 10.4 Å². The van der Waals surface area contributed by atoms with Crippen LogP contribution in [0.15, 0.2) is 48.5 Å². The molecule has 3 aromatic rings. The van der Waals surface area contributed by atoms with E-state index in [9.17, 15) is 5.11 Å². The van der Waals surface area contributed by atoms with E-state index in [1.807, 2.05) is 6.07 Å². The van der Waals surface area contributed by atoms with Gasteiger partial charge in [-0.1, -0.05) is 18.2 Å². The topological polar surface area (TPSA) is 55.5 Å². The summed E-state index contributed by atoms with van der Waals surface area (Å²) in [5.41, 5.74) is 6.93. The third kappa shape index (κ3) is 2.61. The third-order valence-electron chi connectivity index (χ3n) is 3.11. The smallest absolute Gasteiger partial charge is 0.122 e. The number of nitrogens with two attached hydrogens (primary N) is 1. The van der Waals surface area contributed by atoms with E-state index in [1.54, 1.807) is 35.6 Å². The van der Waals surface area contributed by atoms with Crippen molar-refractivity contribution in [3.63, 3.8) is 0 Å². The number of phenols is 1. The molecule has 20 heavy (non-hydrogen) atoms. The molecule has 2 aromatic carbocycles. The van der Waals surface area contributed by atoms with Gasteiger partial charge in [-0.3, -0.25) is 0 Å². The van der Waals surface area contributed by atoms with Crippen LogP contribution in [-0.4, -0.2) is 5.11 Å². The van der Waals surface area contributed by atoms with Crippen LogP contribution in [0, 0.1) is 0 Å². The highest BCUT2D eigenvalue weighted by Gasteiger charge is 2.06. The normalized spacial score (nSPS) is 10.8. The number of fused-ring (bicyclic) bond motifs is 1. The SMILES string of the molecule is NCc1cccc2cc(COc3ccc(O)cc3)sc12. The molecule has 0 aliphatic rings. The van der Waals surface area contributed by atoms with Crippen LogP contribution in [0.2, 0.25) is 0 Å². The minimum Gasteiger partial charge on any atom is -0.508 e. The lowest BCUT2D eigenvalue weighted by atomic mass is 10.1. The summed E-state index contributed by atoms with van der Waals surface area (Å²) in [5.74, 6) is 0.992. The Balaban J connectivity index is 1.79. The number of phenolic OH excluding ortho intramolecular Hbond substituents is 1. The average molecular weight is 285 g/mol. The average Bonchev–Trinajstić information content (AvgIpc) is 2.89. The monoisotopic (exact) mass is 285 g/mol. The van der Waals surface area contributed by atoms with E-state index in [4.69, 9.17) is 10.5 Å². The van der Waals surface area contributed by atoms with Crippen molar-refractivity contribution in [1.82, 2.24) is 0 Å². The summed E-state index contributed by atoms with van der Waals surface area (Å²) >= 11 is 1.72. The molecule has 0 atom stereocenters. The number of thiophene rings is 1. The highest BCUT2D eigenvalue weighted by Crippen LogP contribution is 2.29. The van der Waals surface area contributed by atoms with Crippen LogP contribution in [0.3, 0.4) is 0 Å². The Morgan fingerprint density at radius 1 is 1.10 bits per heavy atom. The number of hydrogen-bond acceptors (Lipinski definition) is 4. The van der Waals surface area contributed by atoms with Crippen molar-refractivity contribution in [1.29, 1.82) is 0 Å². The maximum atomic E-state index is 9.23. The van der Waals surface area contributed by atoms with Gasteiger partial charge in [0.1, 0.15) is 18.1 Å². The number of ether oxygens (including phenoxy) is 1. The summed E-state index contributed by atoms with van der Waals surface area (Å²) < 4.78 is 6.95.